The quantitative estimate of drug-likeness (QED) is 0.905. The Morgan fingerprint density at radius 3 is 2.38 bits per heavy atom. The summed E-state index contributed by atoms with van der Waals surface area (Å²) in [4.78, 5) is 14.2. The van der Waals surface area contributed by atoms with Gasteiger partial charge in [-0.15, -0.1) is 0 Å². The summed E-state index contributed by atoms with van der Waals surface area (Å²) in [6, 6.07) is 6.25. The summed E-state index contributed by atoms with van der Waals surface area (Å²) in [5, 5.41) is 0. The summed E-state index contributed by atoms with van der Waals surface area (Å²) in [5.74, 6) is -0.544. The molecule has 0 bridgehead atoms. The van der Waals surface area contributed by atoms with Crippen LogP contribution < -0.4 is 5.73 Å². The van der Waals surface area contributed by atoms with Crippen molar-refractivity contribution in [2.75, 3.05) is 13.6 Å². The average Bonchev–Trinajstić information content (AvgIpc) is 2.42. The molecule has 1 aromatic rings. The van der Waals surface area contributed by atoms with Crippen LogP contribution in [0.15, 0.2) is 24.3 Å². The molecule has 0 aromatic heterocycles. The molecular weight excluding hydrogens is 267 g/mol. The van der Waals surface area contributed by atoms with Crippen molar-refractivity contribution in [2.45, 2.75) is 40.2 Å². The lowest BCUT2D eigenvalue weighted by Crippen LogP contribution is -2.39. The molecule has 4 heteroatoms. The zero-order valence-corrected chi connectivity index (χ0v) is 13.7. The van der Waals surface area contributed by atoms with Crippen LogP contribution in [0.25, 0.3) is 0 Å². The number of amides is 1. The topological polar surface area (TPSA) is 46.3 Å². The Kier molecular flexibility index (Phi) is 5.90. The lowest BCUT2D eigenvalue weighted by molar-refractivity contribution is -0.136. The van der Waals surface area contributed by atoms with E-state index in [-0.39, 0.29) is 29.1 Å². The maximum atomic E-state index is 13.9. The normalized spacial score (nSPS) is 14.6. The van der Waals surface area contributed by atoms with Crippen LogP contribution in [0.2, 0.25) is 0 Å². The Bertz CT molecular complexity index is 482. The van der Waals surface area contributed by atoms with Crippen molar-refractivity contribution in [1.29, 1.82) is 0 Å². The lowest BCUT2D eigenvalue weighted by atomic mass is 9.84. The Hall–Kier alpha value is -1.42. The van der Waals surface area contributed by atoms with E-state index in [0.29, 0.717) is 12.1 Å². The molecule has 0 fully saturated rings. The van der Waals surface area contributed by atoms with Gasteiger partial charge in [-0.1, -0.05) is 39.0 Å². The minimum Gasteiger partial charge on any atom is -0.339 e. The van der Waals surface area contributed by atoms with Gasteiger partial charge in [0.05, 0.1) is 12.0 Å². The highest BCUT2D eigenvalue weighted by molar-refractivity contribution is 5.79. The molecular formula is C17H27FN2O. The monoisotopic (exact) mass is 294 g/mol. The number of rotatable bonds is 5. The number of halogens is 1. The van der Waals surface area contributed by atoms with E-state index in [1.807, 2.05) is 6.92 Å². The fourth-order valence-electron chi connectivity index (χ4n) is 2.51. The highest BCUT2D eigenvalue weighted by Gasteiger charge is 2.29. The first-order valence-electron chi connectivity index (χ1n) is 7.38. The zero-order valence-electron chi connectivity index (χ0n) is 13.7. The number of carbonyl (C=O) groups excluding carboxylic acids is 1. The fraction of sp³-hybridized carbons (Fsp3) is 0.588. The molecule has 0 spiro atoms. The van der Waals surface area contributed by atoms with Crippen LogP contribution in [-0.4, -0.2) is 24.4 Å². The number of hydrogen-bond donors (Lipinski definition) is 1. The predicted molar refractivity (Wildman–Crippen MR) is 84.2 cm³/mol. The molecule has 2 unspecified atom stereocenters. The Morgan fingerprint density at radius 1 is 1.33 bits per heavy atom. The van der Waals surface area contributed by atoms with Crippen molar-refractivity contribution in [3.05, 3.63) is 35.6 Å². The third kappa shape index (κ3) is 4.81. The maximum Gasteiger partial charge on any atom is 0.227 e. The van der Waals surface area contributed by atoms with Gasteiger partial charge in [0, 0.05) is 19.2 Å². The molecule has 2 N–H and O–H groups in total. The van der Waals surface area contributed by atoms with E-state index >= 15 is 0 Å². The first-order chi connectivity index (χ1) is 9.67. The van der Waals surface area contributed by atoms with Crippen LogP contribution in [0, 0.1) is 17.2 Å². The predicted octanol–water partition coefficient (Wildman–Crippen LogP) is 3.36. The van der Waals surface area contributed by atoms with E-state index in [1.165, 1.54) is 6.07 Å². The van der Waals surface area contributed by atoms with E-state index in [4.69, 9.17) is 5.73 Å². The summed E-state index contributed by atoms with van der Waals surface area (Å²) >= 11 is 0. The van der Waals surface area contributed by atoms with E-state index in [9.17, 15) is 9.18 Å². The summed E-state index contributed by atoms with van der Waals surface area (Å²) < 4.78 is 13.9. The molecule has 0 aliphatic heterocycles. The Labute approximate surface area is 127 Å². The molecule has 0 saturated carbocycles. The van der Waals surface area contributed by atoms with Gasteiger partial charge in [0.15, 0.2) is 0 Å². The number of nitrogens with two attached hydrogens (primary N) is 1. The molecule has 2 atom stereocenters. The van der Waals surface area contributed by atoms with Crippen LogP contribution in [0.4, 0.5) is 4.39 Å². The average molecular weight is 294 g/mol. The van der Waals surface area contributed by atoms with Gasteiger partial charge in [-0.05, 0) is 24.8 Å². The third-order valence-corrected chi connectivity index (χ3v) is 3.78. The highest BCUT2D eigenvalue weighted by atomic mass is 19.1. The smallest absolute Gasteiger partial charge is 0.227 e. The van der Waals surface area contributed by atoms with Crippen LogP contribution in [0.3, 0.4) is 0 Å². The molecule has 0 aliphatic rings. The van der Waals surface area contributed by atoms with Crippen molar-refractivity contribution < 1.29 is 9.18 Å². The van der Waals surface area contributed by atoms with E-state index in [0.717, 1.165) is 6.42 Å². The van der Waals surface area contributed by atoms with Gasteiger partial charge < -0.3 is 10.6 Å². The van der Waals surface area contributed by atoms with Crippen molar-refractivity contribution >= 4 is 5.91 Å². The van der Waals surface area contributed by atoms with Gasteiger partial charge in [-0.2, -0.15) is 0 Å². The SMILES string of the molecule is CC(c1ccccc1F)N(C)C(=O)C(CN)CC(C)(C)C. The maximum absolute atomic E-state index is 13.9. The van der Waals surface area contributed by atoms with Crippen LogP contribution in [-0.2, 0) is 4.79 Å². The van der Waals surface area contributed by atoms with Crippen molar-refractivity contribution in [2.24, 2.45) is 17.1 Å². The van der Waals surface area contributed by atoms with Gasteiger partial charge in [0.25, 0.3) is 0 Å². The first kappa shape index (κ1) is 17.6. The van der Waals surface area contributed by atoms with Crippen LogP contribution >= 0.6 is 0 Å². The standard InChI is InChI=1S/C17H27FN2O/c1-12(14-8-6-7-9-15(14)18)20(5)16(21)13(11-19)10-17(2,3)4/h6-9,12-13H,10-11,19H2,1-5H3. The molecule has 21 heavy (non-hydrogen) atoms. The molecule has 0 heterocycles. The molecule has 0 radical (unpaired) electrons. The van der Waals surface area contributed by atoms with E-state index in [2.05, 4.69) is 20.8 Å². The second-order valence-corrected chi connectivity index (χ2v) is 6.84. The summed E-state index contributed by atoms with van der Waals surface area (Å²) in [6.07, 6.45) is 0.719. The second kappa shape index (κ2) is 7.03. The number of benzene rings is 1. The summed E-state index contributed by atoms with van der Waals surface area (Å²) in [6.45, 7) is 8.40. The van der Waals surface area contributed by atoms with Gasteiger partial charge in [-0.25, -0.2) is 4.39 Å². The third-order valence-electron chi connectivity index (χ3n) is 3.78. The minimum absolute atomic E-state index is 0.0248. The van der Waals surface area contributed by atoms with Gasteiger partial charge in [0.1, 0.15) is 5.82 Å². The summed E-state index contributed by atoms with van der Waals surface area (Å²) in [7, 11) is 1.71. The van der Waals surface area contributed by atoms with Gasteiger partial charge in [0.2, 0.25) is 5.91 Å². The largest absolute Gasteiger partial charge is 0.339 e. The van der Waals surface area contributed by atoms with Crippen LogP contribution in [0.1, 0.15) is 45.7 Å². The van der Waals surface area contributed by atoms with Gasteiger partial charge >= 0.3 is 0 Å². The molecule has 3 nitrogen and oxygen atoms in total. The molecule has 118 valence electrons. The van der Waals surface area contributed by atoms with Crippen LogP contribution in [0.5, 0.6) is 0 Å². The number of hydrogen-bond acceptors (Lipinski definition) is 2. The van der Waals surface area contributed by atoms with Crippen molar-refractivity contribution in [3.63, 3.8) is 0 Å². The molecule has 0 saturated heterocycles. The lowest BCUT2D eigenvalue weighted by Gasteiger charge is -2.31. The number of nitrogens with zero attached hydrogens (tertiary/aromatic N) is 1. The van der Waals surface area contributed by atoms with Gasteiger partial charge in [-0.3, -0.25) is 4.79 Å². The number of carbonyl (C=O) groups is 1. The zero-order chi connectivity index (χ0) is 16.2. The van der Waals surface area contributed by atoms with Crippen molar-refractivity contribution in [1.82, 2.24) is 4.90 Å². The van der Waals surface area contributed by atoms with E-state index < -0.39 is 0 Å². The Morgan fingerprint density at radius 2 is 1.90 bits per heavy atom. The molecule has 1 amide bonds. The minimum atomic E-state index is -0.312. The first-order valence-corrected chi connectivity index (χ1v) is 7.38. The van der Waals surface area contributed by atoms with Crippen molar-refractivity contribution in [3.8, 4) is 0 Å². The highest BCUT2D eigenvalue weighted by Crippen LogP contribution is 2.28. The molecule has 0 aliphatic carbocycles. The Balaban J connectivity index is 2.88. The molecule has 1 aromatic carbocycles. The second-order valence-electron chi connectivity index (χ2n) is 6.84. The summed E-state index contributed by atoms with van der Waals surface area (Å²) in [5.41, 5.74) is 6.32. The van der Waals surface area contributed by atoms with E-state index in [1.54, 1.807) is 30.1 Å². The fourth-order valence-corrected chi connectivity index (χ4v) is 2.51. The molecule has 1 rings (SSSR count).